The van der Waals surface area contributed by atoms with Crippen molar-refractivity contribution in [2.45, 2.75) is 6.92 Å². The number of anilines is 2. The van der Waals surface area contributed by atoms with Crippen molar-refractivity contribution < 1.29 is 4.79 Å². The summed E-state index contributed by atoms with van der Waals surface area (Å²) in [6, 6.07) is 12.9. The van der Waals surface area contributed by atoms with Gasteiger partial charge in [0.2, 0.25) is 0 Å². The first-order valence-electron chi connectivity index (χ1n) is 7.60. The second-order valence-electron chi connectivity index (χ2n) is 5.79. The predicted octanol–water partition coefficient (Wildman–Crippen LogP) is 4.51. The van der Waals surface area contributed by atoms with Crippen LogP contribution in [0.3, 0.4) is 0 Å². The van der Waals surface area contributed by atoms with E-state index >= 15 is 0 Å². The molecule has 0 aliphatic carbocycles. The number of amides is 1. The maximum atomic E-state index is 12.8. The molecule has 1 N–H and O–H groups in total. The van der Waals surface area contributed by atoms with Gasteiger partial charge in [0.25, 0.3) is 5.91 Å². The van der Waals surface area contributed by atoms with E-state index < -0.39 is 0 Å². The smallest absolute Gasteiger partial charge is 0.257 e. The zero-order chi connectivity index (χ0) is 17.3. The molecule has 0 saturated heterocycles. The number of halogens is 1. The zero-order valence-corrected chi connectivity index (χ0v) is 14.6. The van der Waals surface area contributed by atoms with Gasteiger partial charge in [-0.3, -0.25) is 9.78 Å². The molecule has 0 aliphatic heterocycles. The molecule has 4 nitrogen and oxygen atoms in total. The average molecular weight is 340 g/mol. The summed E-state index contributed by atoms with van der Waals surface area (Å²) < 4.78 is 0. The topological polar surface area (TPSA) is 45.2 Å². The van der Waals surface area contributed by atoms with Crippen LogP contribution >= 0.6 is 11.6 Å². The van der Waals surface area contributed by atoms with Gasteiger partial charge in [0.15, 0.2) is 0 Å². The van der Waals surface area contributed by atoms with Crippen molar-refractivity contribution in [3.05, 3.63) is 64.8 Å². The summed E-state index contributed by atoms with van der Waals surface area (Å²) in [5.41, 5.74) is 3.97. The van der Waals surface area contributed by atoms with Crippen LogP contribution in [-0.2, 0) is 0 Å². The molecule has 3 aromatic rings. The highest BCUT2D eigenvalue weighted by molar-refractivity contribution is 6.36. The molecule has 1 heterocycles. The Morgan fingerprint density at radius 3 is 2.67 bits per heavy atom. The molecule has 0 radical (unpaired) electrons. The SMILES string of the molecule is Cc1c(NC(=O)c2ccc(Cl)c3cccnc23)cccc1N(C)C. The maximum Gasteiger partial charge on any atom is 0.257 e. The van der Waals surface area contributed by atoms with Crippen molar-refractivity contribution in [3.8, 4) is 0 Å². The first-order chi connectivity index (χ1) is 11.5. The van der Waals surface area contributed by atoms with Gasteiger partial charge in [-0.05, 0) is 48.9 Å². The van der Waals surface area contributed by atoms with Gasteiger partial charge in [0.1, 0.15) is 0 Å². The first kappa shape index (κ1) is 16.3. The number of pyridine rings is 1. The van der Waals surface area contributed by atoms with Crippen LogP contribution in [0.4, 0.5) is 11.4 Å². The minimum absolute atomic E-state index is 0.200. The van der Waals surface area contributed by atoms with Crippen molar-refractivity contribution in [2.75, 3.05) is 24.3 Å². The molecule has 1 amide bonds. The van der Waals surface area contributed by atoms with E-state index in [-0.39, 0.29) is 5.91 Å². The number of hydrogen-bond donors (Lipinski definition) is 1. The van der Waals surface area contributed by atoms with Crippen LogP contribution < -0.4 is 10.2 Å². The summed E-state index contributed by atoms with van der Waals surface area (Å²) in [6.45, 7) is 1.99. The van der Waals surface area contributed by atoms with Crippen LogP contribution in [0.2, 0.25) is 5.02 Å². The molecule has 0 bridgehead atoms. The number of rotatable bonds is 3. The Morgan fingerprint density at radius 1 is 1.12 bits per heavy atom. The summed E-state index contributed by atoms with van der Waals surface area (Å²) in [6.07, 6.45) is 1.66. The Labute approximate surface area is 146 Å². The van der Waals surface area contributed by atoms with Crippen molar-refractivity contribution in [1.29, 1.82) is 0 Å². The minimum atomic E-state index is -0.200. The van der Waals surface area contributed by atoms with E-state index in [4.69, 9.17) is 11.6 Å². The molecule has 24 heavy (non-hydrogen) atoms. The molecule has 2 aromatic carbocycles. The minimum Gasteiger partial charge on any atom is -0.377 e. The highest BCUT2D eigenvalue weighted by atomic mass is 35.5. The number of aromatic nitrogens is 1. The Hall–Kier alpha value is -2.59. The lowest BCUT2D eigenvalue weighted by Crippen LogP contribution is -2.16. The molecule has 3 rings (SSSR count). The Kier molecular flexibility index (Phi) is 4.40. The van der Waals surface area contributed by atoms with Crippen LogP contribution in [0, 0.1) is 6.92 Å². The van der Waals surface area contributed by atoms with Gasteiger partial charge in [-0.15, -0.1) is 0 Å². The van der Waals surface area contributed by atoms with Crippen LogP contribution in [0.5, 0.6) is 0 Å². The Bertz CT molecular complexity index is 922. The van der Waals surface area contributed by atoms with E-state index in [1.165, 1.54) is 0 Å². The van der Waals surface area contributed by atoms with Crippen molar-refractivity contribution in [1.82, 2.24) is 4.98 Å². The highest BCUT2D eigenvalue weighted by Gasteiger charge is 2.15. The Morgan fingerprint density at radius 2 is 1.92 bits per heavy atom. The maximum absolute atomic E-state index is 12.8. The van der Waals surface area contributed by atoms with Gasteiger partial charge in [-0.25, -0.2) is 0 Å². The largest absolute Gasteiger partial charge is 0.377 e. The van der Waals surface area contributed by atoms with Gasteiger partial charge in [0, 0.05) is 37.1 Å². The number of carbonyl (C=O) groups is 1. The summed E-state index contributed by atoms with van der Waals surface area (Å²) >= 11 is 6.20. The summed E-state index contributed by atoms with van der Waals surface area (Å²) in [5, 5.41) is 4.34. The third-order valence-corrected chi connectivity index (χ3v) is 4.33. The third-order valence-electron chi connectivity index (χ3n) is 4.00. The number of carbonyl (C=O) groups excluding carboxylic acids is 1. The molecule has 1 aromatic heterocycles. The summed E-state index contributed by atoms with van der Waals surface area (Å²) in [4.78, 5) is 19.1. The van der Waals surface area contributed by atoms with Crippen LogP contribution in [0.1, 0.15) is 15.9 Å². The van der Waals surface area contributed by atoms with Crippen LogP contribution in [0.25, 0.3) is 10.9 Å². The fraction of sp³-hybridized carbons (Fsp3) is 0.158. The van der Waals surface area contributed by atoms with E-state index in [1.807, 2.05) is 50.2 Å². The van der Waals surface area contributed by atoms with Gasteiger partial charge in [-0.1, -0.05) is 17.7 Å². The molecule has 0 aliphatic rings. The van der Waals surface area contributed by atoms with E-state index in [9.17, 15) is 4.79 Å². The third kappa shape index (κ3) is 2.93. The van der Waals surface area contributed by atoms with E-state index in [0.29, 0.717) is 16.1 Å². The predicted molar refractivity (Wildman–Crippen MR) is 100 cm³/mol. The molecule has 0 atom stereocenters. The second kappa shape index (κ2) is 6.49. The van der Waals surface area contributed by atoms with Gasteiger partial charge >= 0.3 is 0 Å². The number of nitrogens with zero attached hydrogens (tertiary/aromatic N) is 2. The van der Waals surface area contributed by atoms with Crippen molar-refractivity contribution in [3.63, 3.8) is 0 Å². The highest BCUT2D eigenvalue weighted by Crippen LogP contribution is 2.28. The molecule has 0 unspecified atom stereocenters. The Balaban J connectivity index is 2.00. The molecular weight excluding hydrogens is 322 g/mol. The monoisotopic (exact) mass is 339 g/mol. The number of benzene rings is 2. The first-order valence-corrected chi connectivity index (χ1v) is 7.98. The lowest BCUT2D eigenvalue weighted by atomic mass is 10.1. The fourth-order valence-electron chi connectivity index (χ4n) is 2.75. The van der Waals surface area contributed by atoms with Gasteiger partial charge in [-0.2, -0.15) is 0 Å². The quantitative estimate of drug-likeness (QED) is 0.763. The van der Waals surface area contributed by atoms with Gasteiger partial charge < -0.3 is 10.2 Å². The number of fused-ring (bicyclic) bond motifs is 1. The van der Waals surface area contributed by atoms with E-state index in [1.54, 1.807) is 24.4 Å². The van der Waals surface area contributed by atoms with E-state index in [0.717, 1.165) is 22.3 Å². The van der Waals surface area contributed by atoms with E-state index in [2.05, 4.69) is 10.3 Å². The van der Waals surface area contributed by atoms with Crippen LogP contribution in [0.15, 0.2) is 48.7 Å². The molecule has 0 spiro atoms. The second-order valence-corrected chi connectivity index (χ2v) is 6.20. The molecule has 0 saturated carbocycles. The standard InChI is InChI=1S/C19H18ClN3O/c1-12-16(7-4-8-17(12)23(2)3)22-19(24)14-9-10-15(20)13-6-5-11-21-18(13)14/h4-11H,1-3H3,(H,22,24). The van der Waals surface area contributed by atoms with Crippen LogP contribution in [-0.4, -0.2) is 25.0 Å². The number of nitrogens with one attached hydrogen (secondary N) is 1. The fourth-order valence-corrected chi connectivity index (χ4v) is 2.97. The molecule has 122 valence electrons. The zero-order valence-electron chi connectivity index (χ0n) is 13.8. The van der Waals surface area contributed by atoms with Gasteiger partial charge in [0.05, 0.1) is 16.1 Å². The van der Waals surface area contributed by atoms with Crippen molar-refractivity contribution >= 4 is 39.8 Å². The summed E-state index contributed by atoms with van der Waals surface area (Å²) in [7, 11) is 3.95. The number of hydrogen-bond acceptors (Lipinski definition) is 3. The molecular formula is C19H18ClN3O. The summed E-state index contributed by atoms with van der Waals surface area (Å²) in [5.74, 6) is -0.200. The lowest BCUT2D eigenvalue weighted by Gasteiger charge is -2.18. The molecule has 0 fully saturated rings. The molecule has 5 heteroatoms. The average Bonchev–Trinajstić information content (AvgIpc) is 2.57. The van der Waals surface area contributed by atoms with Crippen molar-refractivity contribution in [2.24, 2.45) is 0 Å². The normalized spacial score (nSPS) is 10.7. The lowest BCUT2D eigenvalue weighted by molar-refractivity contribution is 0.102.